The maximum Gasteiger partial charge on any atom is 0.303 e. The number of thiazole rings is 1. The van der Waals surface area contributed by atoms with Crippen LogP contribution in [-0.2, 0) is 17.8 Å². The summed E-state index contributed by atoms with van der Waals surface area (Å²) in [7, 11) is 3.31. The smallest absolute Gasteiger partial charge is 0.303 e. The average Bonchev–Trinajstić information content (AvgIpc) is 3.57. The number of aromatic nitrogens is 2. The molecule has 1 aliphatic rings. The molecule has 222 valence electrons. The van der Waals surface area contributed by atoms with E-state index in [1.807, 2.05) is 54.0 Å². The van der Waals surface area contributed by atoms with Crippen molar-refractivity contribution in [3.05, 3.63) is 58.6 Å². The number of benzene rings is 2. The third kappa shape index (κ3) is 6.62. The van der Waals surface area contributed by atoms with Gasteiger partial charge in [0, 0.05) is 34.3 Å². The maximum atomic E-state index is 13.7. The number of carbonyl (C=O) groups is 2. The number of carbonyl (C=O) groups excluding carboxylic acids is 1. The van der Waals surface area contributed by atoms with Gasteiger partial charge in [-0.05, 0) is 61.9 Å². The normalized spacial score (nSPS) is 13.8. The highest BCUT2D eigenvalue weighted by molar-refractivity contribution is 7.16. The van der Waals surface area contributed by atoms with Gasteiger partial charge in [0.25, 0.3) is 5.91 Å². The molecule has 2 N–H and O–H groups in total. The van der Waals surface area contributed by atoms with Gasteiger partial charge in [0.1, 0.15) is 17.2 Å². The van der Waals surface area contributed by atoms with Crippen molar-refractivity contribution in [1.82, 2.24) is 9.55 Å². The average molecular weight is 590 g/mol. The van der Waals surface area contributed by atoms with Crippen LogP contribution in [0.4, 0.5) is 5.13 Å². The molecule has 0 unspecified atom stereocenters. The van der Waals surface area contributed by atoms with Crippen LogP contribution in [-0.4, -0.2) is 40.8 Å². The number of anilines is 1. The number of rotatable bonds is 12. The molecule has 1 aliphatic carbocycles. The Labute approximate surface area is 250 Å². The second kappa shape index (κ2) is 13.4. The summed E-state index contributed by atoms with van der Waals surface area (Å²) in [6.45, 7) is 2.41. The minimum atomic E-state index is -0.850. The van der Waals surface area contributed by atoms with E-state index in [-0.39, 0.29) is 12.3 Å². The van der Waals surface area contributed by atoms with E-state index in [0.717, 1.165) is 51.2 Å². The van der Waals surface area contributed by atoms with Crippen molar-refractivity contribution in [2.75, 3.05) is 19.5 Å². The molecule has 0 bridgehead atoms. The van der Waals surface area contributed by atoms with E-state index in [4.69, 9.17) is 19.6 Å². The second-order valence-corrected chi connectivity index (χ2v) is 12.1. The van der Waals surface area contributed by atoms with Crippen LogP contribution in [0.2, 0.25) is 0 Å². The quantitative estimate of drug-likeness (QED) is 0.175. The van der Waals surface area contributed by atoms with E-state index < -0.39 is 5.97 Å². The van der Waals surface area contributed by atoms with E-state index in [9.17, 15) is 9.59 Å². The number of hydrogen-bond acceptors (Lipinski definition) is 6. The number of para-hydroxylation sites is 1. The molecule has 9 heteroatoms. The Hall–Kier alpha value is -3.85. The summed E-state index contributed by atoms with van der Waals surface area (Å²) in [6.07, 6.45) is 8.89. The van der Waals surface area contributed by atoms with Gasteiger partial charge in [-0.15, -0.1) is 11.3 Å². The summed E-state index contributed by atoms with van der Waals surface area (Å²) in [5.74, 6) is 1.07. The number of amides is 1. The molecule has 4 aromatic rings. The van der Waals surface area contributed by atoms with Crippen molar-refractivity contribution in [2.45, 2.75) is 71.3 Å². The Morgan fingerprint density at radius 2 is 1.83 bits per heavy atom. The number of aryl methyl sites for hydroxylation is 3. The zero-order chi connectivity index (χ0) is 29.6. The molecule has 2 aromatic carbocycles. The van der Waals surface area contributed by atoms with Crippen LogP contribution in [0.25, 0.3) is 22.2 Å². The van der Waals surface area contributed by atoms with Gasteiger partial charge >= 0.3 is 5.97 Å². The summed E-state index contributed by atoms with van der Waals surface area (Å²) in [4.78, 5) is 30.9. The van der Waals surface area contributed by atoms with Crippen molar-refractivity contribution >= 4 is 39.2 Å². The molecule has 0 spiro atoms. The molecule has 5 rings (SSSR count). The van der Waals surface area contributed by atoms with Crippen LogP contribution in [0.3, 0.4) is 0 Å². The number of nitrogens with zero attached hydrogens (tertiary/aromatic N) is 2. The molecule has 2 aromatic heterocycles. The van der Waals surface area contributed by atoms with E-state index in [0.29, 0.717) is 35.5 Å². The van der Waals surface area contributed by atoms with Crippen LogP contribution in [0.15, 0.2) is 42.5 Å². The SMILES string of the molecule is COc1cc(-c2nc(NC(=O)c3cc4ccccc4n3CCCC(=O)O)sc2CCC2CCCCC2)c(OC)cc1C. The predicted molar refractivity (Wildman–Crippen MR) is 167 cm³/mol. The lowest BCUT2D eigenvalue weighted by Crippen LogP contribution is -2.17. The van der Waals surface area contributed by atoms with Crippen molar-refractivity contribution in [1.29, 1.82) is 0 Å². The fraction of sp³-hybridized carbons (Fsp3) is 0.424. The first kappa shape index (κ1) is 29.6. The largest absolute Gasteiger partial charge is 0.496 e. The summed E-state index contributed by atoms with van der Waals surface area (Å²) in [5, 5.41) is 13.7. The third-order valence-corrected chi connectivity index (χ3v) is 9.24. The van der Waals surface area contributed by atoms with E-state index in [2.05, 4.69) is 5.32 Å². The molecular weight excluding hydrogens is 550 g/mol. The van der Waals surface area contributed by atoms with Gasteiger partial charge in [0.15, 0.2) is 5.13 Å². The minimum Gasteiger partial charge on any atom is -0.496 e. The second-order valence-electron chi connectivity index (χ2n) is 11.0. The van der Waals surface area contributed by atoms with Gasteiger partial charge in [-0.1, -0.05) is 50.3 Å². The Bertz CT molecular complexity index is 1570. The van der Waals surface area contributed by atoms with Crippen molar-refractivity contribution in [3.63, 3.8) is 0 Å². The predicted octanol–water partition coefficient (Wildman–Crippen LogP) is 7.72. The summed E-state index contributed by atoms with van der Waals surface area (Å²) in [6, 6.07) is 13.6. The highest BCUT2D eigenvalue weighted by Crippen LogP contribution is 2.41. The van der Waals surface area contributed by atoms with Crippen molar-refractivity contribution in [3.8, 4) is 22.8 Å². The maximum absolute atomic E-state index is 13.7. The number of nitrogens with one attached hydrogen (secondary N) is 1. The topological polar surface area (TPSA) is 103 Å². The Morgan fingerprint density at radius 1 is 1.07 bits per heavy atom. The number of aliphatic carboxylic acids is 1. The third-order valence-electron chi connectivity index (χ3n) is 8.21. The molecule has 1 saturated carbocycles. The zero-order valence-electron chi connectivity index (χ0n) is 24.6. The van der Waals surface area contributed by atoms with Crippen LogP contribution in [0.5, 0.6) is 11.5 Å². The van der Waals surface area contributed by atoms with Gasteiger partial charge in [0.2, 0.25) is 0 Å². The minimum absolute atomic E-state index is 0.0373. The molecule has 1 fully saturated rings. The highest BCUT2D eigenvalue weighted by atomic mass is 32.1. The molecule has 8 nitrogen and oxygen atoms in total. The zero-order valence-corrected chi connectivity index (χ0v) is 25.4. The number of ether oxygens (including phenoxy) is 2. The van der Waals surface area contributed by atoms with E-state index in [1.54, 1.807) is 14.2 Å². The van der Waals surface area contributed by atoms with Gasteiger partial charge in [-0.2, -0.15) is 0 Å². The molecule has 0 radical (unpaired) electrons. The van der Waals surface area contributed by atoms with Crippen LogP contribution in [0, 0.1) is 12.8 Å². The number of carboxylic acid groups (broad SMARTS) is 1. The number of carboxylic acids is 1. The Balaban J connectivity index is 1.48. The molecule has 0 saturated heterocycles. The van der Waals surface area contributed by atoms with Crippen molar-refractivity contribution < 1.29 is 24.2 Å². The lowest BCUT2D eigenvalue weighted by Gasteiger charge is -2.21. The molecule has 2 heterocycles. The molecule has 0 atom stereocenters. The first-order valence-corrected chi connectivity index (χ1v) is 15.5. The summed E-state index contributed by atoms with van der Waals surface area (Å²) in [5.41, 5.74) is 4.01. The number of fused-ring (bicyclic) bond motifs is 1. The highest BCUT2D eigenvalue weighted by Gasteiger charge is 2.23. The van der Waals surface area contributed by atoms with Crippen molar-refractivity contribution in [2.24, 2.45) is 5.92 Å². The monoisotopic (exact) mass is 589 g/mol. The van der Waals surface area contributed by atoms with Gasteiger partial charge in [-0.25, -0.2) is 4.98 Å². The Kier molecular flexibility index (Phi) is 9.47. The number of hydrogen-bond donors (Lipinski definition) is 2. The first-order chi connectivity index (χ1) is 20.4. The molecular formula is C33H39N3O5S. The summed E-state index contributed by atoms with van der Waals surface area (Å²) < 4.78 is 13.3. The van der Waals surface area contributed by atoms with Gasteiger partial charge in [-0.3, -0.25) is 14.9 Å². The first-order valence-electron chi connectivity index (χ1n) is 14.7. The van der Waals surface area contributed by atoms with Gasteiger partial charge < -0.3 is 19.1 Å². The van der Waals surface area contributed by atoms with Crippen LogP contribution >= 0.6 is 11.3 Å². The van der Waals surface area contributed by atoms with Crippen LogP contribution < -0.4 is 14.8 Å². The van der Waals surface area contributed by atoms with Crippen LogP contribution in [0.1, 0.15) is 72.3 Å². The number of methoxy groups -OCH3 is 2. The fourth-order valence-electron chi connectivity index (χ4n) is 6.02. The fourth-order valence-corrected chi connectivity index (χ4v) is 7.01. The summed E-state index contributed by atoms with van der Waals surface area (Å²) >= 11 is 1.51. The molecule has 42 heavy (non-hydrogen) atoms. The van der Waals surface area contributed by atoms with Gasteiger partial charge in [0.05, 0.1) is 19.9 Å². The van der Waals surface area contributed by atoms with E-state index >= 15 is 0 Å². The van der Waals surface area contributed by atoms with E-state index in [1.165, 1.54) is 43.4 Å². The standard InChI is InChI=1S/C33H39N3O5S/c1-21-18-28(41-3)24(20-27(21)40-2)31-29(16-15-22-10-5-4-6-11-22)42-33(34-31)35-32(39)26-19-23-12-7-8-13-25(23)36(26)17-9-14-30(37)38/h7-8,12-13,18-20,22H,4-6,9-11,14-17H2,1-3H3,(H,37,38)(H,34,35,39). The molecule has 0 aliphatic heterocycles. The Morgan fingerprint density at radius 3 is 2.57 bits per heavy atom. The lowest BCUT2D eigenvalue weighted by molar-refractivity contribution is -0.137. The lowest BCUT2D eigenvalue weighted by atomic mass is 9.86. The molecule has 1 amide bonds.